The minimum absolute atomic E-state index is 0.0372. The smallest absolute Gasteiger partial charge is 0.326 e. The Kier molecular flexibility index (Phi) is 9.93. The Bertz CT molecular complexity index is 1710. The van der Waals surface area contributed by atoms with Gasteiger partial charge in [-0.25, -0.2) is 14.4 Å². The first-order valence-electron chi connectivity index (χ1n) is 13.7. The van der Waals surface area contributed by atoms with Crippen LogP contribution in [-0.4, -0.2) is 40.5 Å². The maximum Gasteiger partial charge on any atom is 0.326 e. The van der Waals surface area contributed by atoms with E-state index in [1.54, 1.807) is 71.0 Å². The number of ether oxygens (including phenoxy) is 2. The molecule has 44 heavy (non-hydrogen) atoms. The van der Waals surface area contributed by atoms with Crippen molar-refractivity contribution in [3.8, 4) is 28.3 Å². The van der Waals surface area contributed by atoms with E-state index >= 15 is 4.39 Å². The summed E-state index contributed by atoms with van der Waals surface area (Å²) in [5.41, 5.74) is 1.65. The van der Waals surface area contributed by atoms with E-state index in [4.69, 9.17) is 32.7 Å². The highest BCUT2D eigenvalue weighted by Gasteiger charge is 2.32. The molecule has 2 aromatic carbocycles. The summed E-state index contributed by atoms with van der Waals surface area (Å²) in [6.07, 6.45) is 2.14. The van der Waals surface area contributed by atoms with Crippen LogP contribution in [0.4, 0.5) is 15.9 Å². The summed E-state index contributed by atoms with van der Waals surface area (Å²) in [7, 11) is 1.43. The molecule has 0 amide bonds. The van der Waals surface area contributed by atoms with Crippen LogP contribution < -0.4 is 15.4 Å². The van der Waals surface area contributed by atoms with E-state index in [9.17, 15) is 9.59 Å². The molecule has 0 aliphatic heterocycles. The largest absolute Gasteiger partial charge is 0.480 e. The van der Waals surface area contributed by atoms with Crippen molar-refractivity contribution in [2.75, 3.05) is 12.4 Å². The summed E-state index contributed by atoms with van der Waals surface area (Å²) in [4.78, 5) is 32.5. The lowest BCUT2D eigenvalue weighted by Gasteiger charge is -2.29. The topological polar surface area (TPSA) is 102 Å². The van der Waals surface area contributed by atoms with E-state index in [-0.39, 0.29) is 18.2 Å². The molecule has 230 valence electrons. The number of benzene rings is 2. The fraction of sp³-hybridized carbons (Fsp3) is 0.273. The third-order valence-electron chi connectivity index (χ3n) is 6.63. The molecule has 0 saturated carbocycles. The average Bonchev–Trinajstić information content (AvgIpc) is 2.97. The maximum atomic E-state index is 15.6. The normalized spacial score (nSPS) is 11.7. The highest BCUT2D eigenvalue weighted by molar-refractivity contribution is 6.39. The van der Waals surface area contributed by atoms with Gasteiger partial charge in [-0.1, -0.05) is 53.5 Å². The van der Waals surface area contributed by atoms with E-state index < -0.39 is 22.9 Å². The molecule has 4 rings (SSSR count). The standard InChI is InChI=1S/C33H33Cl2FN4O4/c1-32(2,3)44-31(42)33(4,5)38-17-19-15-16-37-29(28(19)36)39-25-12-8-10-22(27(25)35)21-9-7-11-23(26(21)34)24-14-13-20(18-41)30(40-24)43-6/h7-16,18,38H,17H2,1-6H3,(H,37,39). The lowest BCUT2D eigenvalue weighted by Crippen LogP contribution is -2.49. The third kappa shape index (κ3) is 7.35. The number of hydrogen-bond donors (Lipinski definition) is 2. The number of nitrogens with one attached hydrogen (secondary N) is 2. The quantitative estimate of drug-likeness (QED) is 0.133. The summed E-state index contributed by atoms with van der Waals surface area (Å²) in [5.74, 6) is -0.897. The molecule has 0 aliphatic rings. The molecule has 8 nitrogen and oxygen atoms in total. The first-order valence-corrected chi connectivity index (χ1v) is 14.5. The van der Waals surface area contributed by atoms with Gasteiger partial charge in [-0.3, -0.25) is 14.9 Å². The lowest BCUT2D eigenvalue weighted by atomic mass is 10.00. The third-order valence-corrected chi connectivity index (χ3v) is 7.44. The zero-order valence-electron chi connectivity index (χ0n) is 25.2. The van der Waals surface area contributed by atoms with Gasteiger partial charge in [0.05, 0.1) is 34.1 Å². The molecule has 0 spiro atoms. The van der Waals surface area contributed by atoms with Crippen molar-refractivity contribution >= 4 is 47.0 Å². The van der Waals surface area contributed by atoms with Crippen LogP contribution >= 0.6 is 23.2 Å². The molecule has 0 unspecified atom stereocenters. The second-order valence-electron chi connectivity index (χ2n) is 11.5. The Morgan fingerprint density at radius 1 is 0.955 bits per heavy atom. The monoisotopic (exact) mass is 638 g/mol. The molecule has 0 aliphatic carbocycles. The lowest BCUT2D eigenvalue weighted by molar-refractivity contribution is -0.161. The van der Waals surface area contributed by atoms with Crippen molar-refractivity contribution in [2.24, 2.45) is 0 Å². The molecule has 2 aromatic heterocycles. The fourth-order valence-corrected chi connectivity index (χ4v) is 4.86. The molecular weight excluding hydrogens is 606 g/mol. The zero-order chi connectivity index (χ0) is 32.2. The number of anilines is 2. The van der Waals surface area contributed by atoms with Crippen LogP contribution in [0.2, 0.25) is 10.0 Å². The number of carbonyl (C=O) groups is 2. The van der Waals surface area contributed by atoms with Crippen LogP contribution in [0.1, 0.15) is 50.5 Å². The summed E-state index contributed by atoms with van der Waals surface area (Å²) in [5, 5.41) is 6.74. The van der Waals surface area contributed by atoms with Gasteiger partial charge in [0.15, 0.2) is 17.9 Å². The Labute approximate surface area is 265 Å². The minimum Gasteiger partial charge on any atom is -0.480 e. The van der Waals surface area contributed by atoms with Crippen molar-refractivity contribution in [3.63, 3.8) is 0 Å². The van der Waals surface area contributed by atoms with Crippen LogP contribution in [0.5, 0.6) is 5.88 Å². The number of aromatic nitrogens is 2. The number of rotatable bonds is 10. The minimum atomic E-state index is -1.06. The second-order valence-corrected chi connectivity index (χ2v) is 12.2. The van der Waals surface area contributed by atoms with Crippen molar-refractivity contribution in [1.82, 2.24) is 15.3 Å². The molecule has 11 heteroatoms. The summed E-state index contributed by atoms with van der Waals surface area (Å²) >= 11 is 13.7. The number of pyridine rings is 2. The SMILES string of the molecule is COc1nc(-c2cccc(-c3cccc(Nc4nccc(CNC(C)(C)C(=O)OC(C)(C)C)c4F)c3Cl)c2Cl)ccc1C=O. The van der Waals surface area contributed by atoms with Gasteiger partial charge in [0.1, 0.15) is 11.1 Å². The number of esters is 1. The van der Waals surface area contributed by atoms with Crippen molar-refractivity contribution in [3.05, 3.63) is 87.8 Å². The van der Waals surface area contributed by atoms with E-state index in [0.717, 1.165) is 0 Å². The van der Waals surface area contributed by atoms with E-state index in [1.807, 2.05) is 12.1 Å². The number of aldehydes is 1. The van der Waals surface area contributed by atoms with Crippen LogP contribution in [0.25, 0.3) is 22.4 Å². The molecule has 0 saturated heterocycles. The predicted octanol–water partition coefficient (Wildman–Crippen LogP) is 8.03. The van der Waals surface area contributed by atoms with Gasteiger partial charge >= 0.3 is 5.97 Å². The van der Waals surface area contributed by atoms with Crippen molar-refractivity contribution < 1.29 is 23.5 Å². The molecule has 0 bridgehead atoms. The molecular formula is C33H33Cl2FN4O4. The number of halogens is 3. The molecule has 4 aromatic rings. The molecule has 2 N–H and O–H groups in total. The van der Waals surface area contributed by atoms with Crippen LogP contribution in [0.3, 0.4) is 0 Å². The highest BCUT2D eigenvalue weighted by atomic mass is 35.5. The van der Waals surface area contributed by atoms with Gasteiger partial charge in [-0.05, 0) is 58.9 Å². The van der Waals surface area contributed by atoms with Gasteiger partial charge < -0.3 is 14.8 Å². The van der Waals surface area contributed by atoms with Gasteiger partial charge in [0.2, 0.25) is 5.88 Å². The number of methoxy groups -OCH3 is 1. The molecule has 0 atom stereocenters. The number of nitrogens with zero attached hydrogens (tertiary/aromatic N) is 2. The Morgan fingerprint density at radius 3 is 2.27 bits per heavy atom. The highest BCUT2D eigenvalue weighted by Crippen LogP contribution is 2.42. The molecule has 0 fully saturated rings. The Hall–Kier alpha value is -4.05. The van der Waals surface area contributed by atoms with E-state index in [0.29, 0.717) is 55.5 Å². The van der Waals surface area contributed by atoms with Gasteiger partial charge in [-0.15, -0.1) is 0 Å². The van der Waals surface area contributed by atoms with E-state index in [2.05, 4.69) is 20.6 Å². The first-order chi connectivity index (χ1) is 20.8. The molecule has 0 radical (unpaired) electrons. The summed E-state index contributed by atoms with van der Waals surface area (Å²) in [6, 6.07) is 15.5. The van der Waals surface area contributed by atoms with Crippen LogP contribution in [-0.2, 0) is 16.1 Å². The predicted molar refractivity (Wildman–Crippen MR) is 171 cm³/mol. The average molecular weight is 640 g/mol. The van der Waals surface area contributed by atoms with Crippen LogP contribution in [0, 0.1) is 5.82 Å². The number of hydrogen-bond acceptors (Lipinski definition) is 8. The van der Waals surface area contributed by atoms with Crippen molar-refractivity contribution in [2.45, 2.75) is 52.3 Å². The van der Waals surface area contributed by atoms with Crippen LogP contribution in [0.15, 0.2) is 60.8 Å². The fourth-order valence-electron chi connectivity index (χ4n) is 4.26. The molecule has 2 heterocycles. The Morgan fingerprint density at radius 2 is 1.61 bits per heavy atom. The Balaban J connectivity index is 1.60. The van der Waals surface area contributed by atoms with Gasteiger partial charge in [0.25, 0.3) is 0 Å². The first kappa shape index (κ1) is 32.9. The summed E-state index contributed by atoms with van der Waals surface area (Å²) in [6.45, 7) is 8.77. The summed E-state index contributed by atoms with van der Waals surface area (Å²) < 4.78 is 26.3. The number of carbonyl (C=O) groups excluding carboxylic acids is 2. The second kappa shape index (κ2) is 13.3. The van der Waals surface area contributed by atoms with E-state index in [1.165, 1.54) is 19.4 Å². The van der Waals surface area contributed by atoms with Gasteiger partial charge in [-0.2, -0.15) is 0 Å². The zero-order valence-corrected chi connectivity index (χ0v) is 26.7. The maximum absolute atomic E-state index is 15.6. The van der Waals surface area contributed by atoms with Gasteiger partial charge in [0, 0.05) is 35.0 Å². The van der Waals surface area contributed by atoms with Crippen molar-refractivity contribution in [1.29, 1.82) is 0 Å².